The quantitative estimate of drug-likeness (QED) is 0.336. The van der Waals surface area contributed by atoms with Crippen LogP contribution in [-0.4, -0.2) is 24.6 Å². The Morgan fingerprint density at radius 2 is 2.00 bits per heavy atom. The lowest BCUT2D eigenvalue weighted by Crippen LogP contribution is -2.27. The topological polar surface area (TPSA) is 84.2 Å². The Morgan fingerprint density at radius 3 is 2.44 bits per heavy atom. The van der Waals surface area contributed by atoms with E-state index in [2.05, 4.69) is 4.74 Å². The normalized spacial score (nSPS) is 11.1. The van der Waals surface area contributed by atoms with E-state index in [4.69, 9.17) is 5.26 Å². The number of hydrogen-bond donors (Lipinski definition) is 0. The fourth-order valence-corrected chi connectivity index (χ4v) is 1.35. The second-order valence-corrected chi connectivity index (χ2v) is 3.42. The molecular formula is C13H11NO4. The van der Waals surface area contributed by atoms with Gasteiger partial charge in [-0.3, -0.25) is 9.59 Å². The van der Waals surface area contributed by atoms with E-state index in [1.807, 2.05) is 6.07 Å². The number of Topliss-reactive ketones (excluding diaryl/α,β-unsaturated/α-hetero) is 1. The molecule has 0 bridgehead atoms. The maximum Gasteiger partial charge on any atom is 0.324 e. The van der Waals surface area contributed by atoms with Crippen LogP contribution in [0.5, 0.6) is 0 Å². The Morgan fingerprint density at radius 1 is 1.39 bits per heavy atom. The van der Waals surface area contributed by atoms with Gasteiger partial charge in [0.25, 0.3) is 0 Å². The van der Waals surface area contributed by atoms with Crippen molar-refractivity contribution in [2.24, 2.45) is 5.92 Å². The van der Waals surface area contributed by atoms with E-state index in [0.717, 1.165) is 0 Å². The summed E-state index contributed by atoms with van der Waals surface area (Å²) in [4.78, 5) is 34.0. The molecule has 1 atom stereocenters. The molecule has 0 radical (unpaired) electrons. The monoisotopic (exact) mass is 245 g/mol. The first-order valence-electron chi connectivity index (χ1n) is 5.30. The molecule has 0 saturated carbocycles. The maximum atomic E-state index is 11.9. The molecule has 1 aromatic rings. The van der Waals surface area contributed by atoms with Crippen LogP contribution in [0.1, 0.15) is 22.8 Å². The van der Waals surface area contributed by atoms with Gasteiger partial charge >= 0.3 is 5.97 Å². The molecule has 0 aromatic heterocycles. The molecule has 0 aliphatic rings. The molecule has 0 aliphatic heterocycles. The van der Waals surface area contributed by atoms with Crippen LogP contribution >= 0.6 is 0 Å². The third kappa shape index (κ3) is 3.01. The van der Waals surface area contributed by atoms with Crippen LogP contribution < -0.4 is 0 Å². The van der Waals surface area contributed by atoms with E-state index in [0.29, 0.717) is 5.56 Å². The molecule has 0 fully saturated rings. The molecule has 0 saturated heterocycles. The lowest BCUT2D eigenvalue weighted by atomic mass is 9.98. The minimum absolute atomic E-state index is 0.101. The zero-order chi connectivity index (χ0) is 13.5. The molecule has 0 spiro atoms. The number of ketones is 1. The second-order valence-electron chi connectivity index (χ2n) is 3.42. The fourth-order valence-electron chi connectivity index (χ4n) is 1.35. The first-order chi connectivity index (χ1) is 8.63. The highest BCUT2D eigenvalue weighted by atomic mass is 16.5. The predicted molar refractivity (Wildman–Crippen MR) is 61.7 cm³/mol. The summed E-state index contributed by atoms with van der Waals surface area (Å²) in [6.07, 6.45) is 0.262. The van der Waals surface area contributed by atoms with Gasteiger partial charge in [0.05, 0.1) is 18.2 Å². The van der Waals surface area contributed by atoms with Gasteiger partial charge in [-0.25, -0.2) is 0 Å². The number of rotatable bonds is 5. The van der Waals surface area contributed by atoms with E-state index < -0.39 is 17.7 Å². The summed E-state index contributed by atoms with van der Waals surface area (Å²) in [5, 5.41) is 8.62. The number of esters is 1. The Bertz CT molecular complexity index is 499. The smallest absolute Gasteiger partial charge is 0.324 e. The minimum atomic E-state index is -1.45. The van der Waals surface area contributed by atoms with Crippen molar-refractivity contribution in [3.63, 3.8) is 0 Å². The summed E-state index contributed by atoms with van der Waals surface area (Å²) < 4.78 is 4.64. The van der Waals surface area contributed by atoms with Gasteiger partial charge < -0.3 is 9.53 Å². The van der Waals surface area contributed by atoms with Crippen molar-refractivity contribution in [1.29, 1.82) is 5.26 Å². The standard InChI is InChI=1S/C13H11NO4/c1-2-18-13(17)11(8-15)12(16)10-5-3-9(7-14)4-6-10/h3-6,8,11H,2H2,1H3. The molecule has 5 heteroatoms. The van der Waals surface area contributed by atoms with Crippen molar-refractivity contribution in [2.45, 2.75) is 6.92 Å². The van der Waals surface area contributed by atoms with Crippen LogP contribution in [0, 0.1) is 17.2 Å². The average Bonchev–Trinajstić information content (AvgIpc) is 2.40. The van der Waals surface area contributed by atoms with Gasteiger partial charge in [-0.05, 0) is 19.1 Å². The van der Waals surface area contributed by atoms with E-state index in [9.17, 15) is 14.4 Å². The second kappa shape index (κ2) is 6.30. The van der Waals surface area contributed by atoms with E-state index in [1.54, 1.807) is 6.92 Å². The zero-order valence-electron chi connectivity index (χ0n) is 9.75. The first-order valence-corrected chi connectivity index (χ1v) is 5.30. The Hall–Kier alpha value is -2.48. The van der Waals surface area contributed by atoms with Gasteiger partial charge in [0, 0.05) is 5.56 Å². The van der Waals surface area contributed by atoms with Gasteiger partial charge in [0.15, 0.2) is 11.7 Å². The third-order valence-corrected chi connectivity index (χ3v) is 2.26. The van der Waals surface area contributed by atoms with Crippen molar-refractivity contribution in [3.05, 3.63) is 35.4 Å². The number of carbonyl (C=O) groups is 3. The third-order valence-electron chi connectivity index (χ3n) is 2.26. The molecule has 0 heterocycles. The van der Waals surface area contributed by atoms with Crippen molar-refractivity contribution in [1.82, 2.24) is 0 Å². The predicted octanol–water partition coefficient (Wildman–Crippen LogP) is 1.12. The van der Waals surface area contributed by atoms with E-state index >= 15 is 0 Å². The molecule has 1 aromatic carbocycles. The maximum absolute atomic E-state index is 11.9. The highest BCUT2D eigenvalue weighted by Gasteiger charge is 2.28. The summed E-state index contributed by atoms with van der Waals surface area (Å²) in [5.74, 6) is -2.94. The molecule has 0 amide bonds. The zero-order valence-corrected chi connectivity index (χ0v) is 9.75. The lowest BCUT2D eigenvalue weighted by Gasteiger charge is -2.08. The van der Waals surface area contributed by atoms with E-state index in [-0.39, 0.29) is 18.5 Å². The van der Waals surface area contributed by atoms with Crippen molar-refractivity contribution in [2.75, 3.05) is 6.61 Å². The number of benzene rings is 1. The van der Waals surface area contributed by atoms with Gasteiger partial charge in [-0.15, -0.1) is 0 Å². The van der Waals surface area contributed by atoms with E-state index in [1.165, 1.54) is 24.3 Å². The molecule has 1 rings (SSSR count). The molecule has 18 heavy (non-hydrogen) atoms. The minimum Gasteiger partial charge on any atom is -0.465 e. The van der Waals surface area contributed by atoms with Crippen LogP contribution in [-0.2, 0) is 14.3 Å². The number of aldehydes is 1. The number of carbonyl (C=O) groups excluding carboxylic acids is 3. The summed E-state index contributed by atoms with van der Waals surface area (Å²) in [6, 6.07) is 7.60. The molecule has 5 nitrogen and oxygen atoms in total. The fraction of sp³-hybridized carbons (Fsp3) is 0.231. The average molecular weight is 245 g/mol. The van der Waals surface area contributed by atoms with Crippen LogP contribution in [0.4, 0.5) is 0 Å². The molecule has 0 aliphatic carbocycles. The van der Waals surface area contributed by atoms with Crippen molar-refractivity contribution < 1.29 is 19.1 Å². The summed E-state index contributed by atoms with van der Waals surface area (Å²) in [5.41, 5.74) is 0.587. The first kappa shape index (κ1) is 13.6. The Labute approximate surface area is 104 Å². The molecule has 92 valence electrons. The lowest BCUT2D eigenvalue weighted by molar-refractivity contribution is -0.147. The molecule has 0 N–H and O–H groups in total. The number of nitriles is 1. The van der Waals surface area contributed by atoms with Crippen molar-refractivity contribution >= 4 is 18.0 Å². The number of hydrogen-bond acceptors (Lipinski definition) is 5. The van der Waals surface area contributed by atoms with Gasteiger partial charge in [0.1, 0.15) is 6.29 Å². The van der Waals surface area contributed by atoms with Gasteiger partial charge in [0.2, 0.25) is 0 Å². The SMILES string of the molecule is CCOC(=O)C(C=O)C(=O)c1ccc(C#N)cc1. The van der Waals surface area contributed by atoms with Crippen molar-refractivity contribution in [3.8, 4) is 6.07 Å². The molecule has 1 unspecified atom stereocenters. The van der Waals surface area contributed by atoms with Crippen LogP contribution in [0.25, 0.3) is 0 Å². The largest absolute Gasteiger partial charge is 0.465 e. The Balaban J connectivity index is 2.93. The van der Waals surface area contributed by atoms with Gasteiger partial charge in [-0.2, -0.15) is 5.26 Å². The number of nitrogens with zero attached hydrogens (tertiary/aromatic N) is 1. The summed E-state index contributed by atoms with van der Waals surface area (Å²) in [7, 11) is 0. The van der Waals surface area contributed by atoms with Crippen LogP contribution in [0.2, 0.25) is 0 Å². The highest BCUT2D eigenvalue weighted by Crippen LogP contribution is 2.10. The van der Waals surface area contributed by atoms with Crippen LogP contribution in [0.3, 0.4) is 0 Å². The molecular weight excluding hydrogens is 234 g/mol. The highest BCUT2D eigenvalue weighted by molar-refractivity contribution is 6.17. The Kier molecular flexibility index (Phi) is 4.76. The number of ether oxygens (including phenoxy) is 1. The van der Waals surface area contributed by atoms with Crippen LogP contribution in [0.15, 0.2) is 24.3 Å². The summed E-state index contributed by atoms with van der Waals surface area (Å²) >= 11 is 0. The van der Waals surface area contributed by atoms with Gasteiger partial charge in [-0.1, -0.05) is 12.1 Å². The summed E-state index contributed by atoms with van der Waals surface area (Å²) in [6.45, 7) is 1.69.